The molecular weight excluding hydrogens is 592 g/mol. The fraction of sp³-hybridized carbons (Fsp3) is 0.588. The number of fused-ring (bicyclic) bond motifs is 3. The number of ether oxygens (including phenoxy) is 1. The number of aliphatic carboxylic acids is 1. The summed E-state index contributed by atoms with van der Waals surface area (Å²) in [4.78, 5) is 31.8. The number of carbonyl (C=O) groups is 1. The summed E-state index contributed by atoms with van der Waals surface area (Å²) in [6.07, 6.45) is 7.09. The third-order valence-electron chi connectivity index (χ3n) is 10.3. The molecule has 3 atom stereocenters. The van der Waals surface area contributed by atoms with Crippen molar-refractivity contribution >= 4 is 28.4 Å². The number of aryl methyl sites for hydroxylation is 1. The second kappa shape index (κ2) is 12.2. The van der Waals surface area contributed by atoms with Gasteiger partial charge in [-0.25, -0.2) is 8.78 Å². The van der Waals surface area contributed by atoms with E-state index in [-0.39, 0.29) is 30.2 Å². The Hall–Kier alpha value is -3.64. The van der Waals surface area contributed by atoms with Crippen molar-refractivity contribution in [1.82, 2.24) is 19.9 Å². The van der Waals surface area contributed by atoms with E-state index >= 15 is 4.39 Å². The second-order valence-electron chi connectivity index (χ2n) is 14.0. The van der Waals surface area contributed by atoms with Crippen LogP contribution in [0.4, 0.5) is 20.3 Å². The lowest BCUT2D eigenvalue weighted by Crippen LogP contribution is -2.52. The fourth-order valence-electron chi connectivity index (χ4n) is 8.19. The van der Waals surface area contributed by atoms with Crippen LogP contribution in [-0.4, -0.2) is 94.1 Å². The number of pyridine rings is 1. The lowest BCUT2D eigenvalue weighted by molar-refractivity contribution is -0.137. The highest BCUT2D eigenvalue weighted by Crippen LogP contribution is 2.42. The minimum Gasteiger partial charge on any atom is -0.481 e. The fourth-order valence-corrected chi connectivity index (χ4v) is 8.19. The van der Waals surface area contributed by atoms with Gasteiger partial charge in [0.25, 0.3) is 0 Å². The van der Waals surface area contributed by atoms with Gasteiger partial charge in [-0.15, -0.1) is 0 Å². The highest BCUT2D eigenvalue weighted by Gasteiger charge is 2.49. The van der Waals surface area contributed by atoms with Crippen molar-refractivity contribution in [2.45, 2.75) is 82.0 Å². The van der Waals surface area contributed by atoms with Gasteiger partial charge in [0.1, 0.15) is 29.8 Å². The maximum Gasteiger partial charge on any atom is 0.319 e. The number of piperidine rings is 1. The van der Waals surface area contributed by atoms with Gasteiger partial charge in [0.15, 0.2) is 5.82 Å². The number of rotatable bonds is 9. The molecule has 4 aliphatic heterocycles. The summed E-state index contributed by atoms with van der Waals surface area (Å²) in [5, 5.41) is 9.69. The molecule has 0 spiro atoms. The number of anilines is 2. The molecule has 0 aliphatic carbocycles. The number of benzene rings is 1. The van der Waals surface area contributed by atoms with Crippen molar-refractivity contribution in [3.63, 3.8) is 0 Å². The third-order valence-corrected chi connectivity index (χ3v) is 10.3. The Morgan fingerprint density at radius 2 is 2.02 bits per heavy atom. The van der Waals surface area contributed by atoms with Crippen LogP contribution >= 0.6 is 0 Å². The number of carboxylic acids is 1. The van der Waals surface area contributed by atoms with Crippen molar-refractivity contribution in [3.8, 4) is 17.3 Å². The van der Waals surface area contributed by atoms with Gasteiger partial charge in [-0.05, 0) is 64.0 Å². The van der Waals surface area contributed by atoms with Gasteiger partial charge in [0, 0.05) is 68.6 Å². The summed E-state index contributed by atoms with van der Waals surface area (Å²) < 4.78 is 37.6. The minimum atomic E-state index is -0.890. The molecule has 2 aromatic heterocycles. The first-order valence-corrected chi connectivity index (χ1v) is 16.6. The first kappa shape index (κ1) is 31.0. The maximum atomic E-state index is 16.9. The molecule has 3 aromatic rings. The number of nitrogens with zero attached hydrogens (tertiary/aromatic N) is 6. The molecular formula is C34H43F2N7O3. The molecule has 4 aliphatic rings. The molecule has 12 heteroatoms. The quantitative estimate of drug-likeness (QED) is 0.342. The molecule has 3 saturated heterocycles. The average molecular weight is 636 g/mol. The zero-order chi connectivity index (χ0) is 32.1. The number of hydrogen-bond acceptors (Lipinski definition) is 9. The first-order chi connectivity index (χ1) is 22.1. The minimum absolute atomic E-state index is 0.0665. The van der Waals surface area contributed by atoms with Crippen LogP contribution in [0, 0.1) is 5.82 Å². The van der Waals surface area contributed by atoms with E-state index in [1.54, 1.807) is 6.20 Å². The van der Waals surface area contributed by atoms with Gasteiger partial charge in [-0.1, -0.05) is 18.2 Å². The molecule has 7 rings (SSSR count). The molecule has 0 unspecified atom stereocenters. The van der Waals surface area contributed by atoms with Gasteiger partial charge in [0.05, 0.1) is 10.9 Å². The van der Waals surface area contributed by atoms with Gasteiger partial charge < -0.3 is 25.4 Å². The lowest BCUT2D eigenvalue weighted by Gasteiger charge is -2.39. The normalized spacial score (nSPS) is 26.4. The van der Waals surface area contributed by atoms with Crippen LogP contribution in [0.25, 0.3) is 22.2 Å². The van der Waals surface area contributed by atoms with Gasteiger partial charge in [0.2, 0.25) is 0 Å². The van der Waals surface area contributed by atoms with Crippen molar-refractivity contribution in [2.75, 3.05) is 55.7 Å². The van der Waals surface area contributed by atoms with E-state index in [0.29, 0.717) is 55.8 Å². The van der Waals surface area contributed by atoms with Crippen molar-refractivity contribution in [1.29, 1.82) is 0 Å². The molecule has 46 heavy (non-hydrogen) atoms. The van der Waals surface area contributed by atoms with E-state index in [9.17, 15) is 14.3 Å². The van der Waals surface area contributed by atoms with E-state index in [1.165, 1.54) is 0 Å². The van der Waals surface area contributed by atoms with E-state index in [4.69, 9.17) is 15.5 Å². The summed E-state index contributed by atoms with van der Waals surface area (Å²) in [7, 11) is 0. The maximum absolute atomic E-state index is 16.9. The van der Waals surface area contributed by atoms with E-state index in [1.807, 2.05) is 25.1 Å². The molecule has 6 heterocycles. The second-order valence-corrected chi connectivity index (χ2v) is 14.0. The van der Waals surface area contributed by atoms with Crippen molar-refractivity contribution in [2.24, 2.45) is 5.73 Å². The number of halogens is 2. The van der Waals surface area contributed by atoms with Crippen LogP contribution in [0.15, 0.2) is 24.4 Å². The smallest absolute Gasteiger partial charge is 0.319 e. The molecule has 3 fully saturated rings. The Morgan fingerprint density at radius 1 is 1.17 bits per heavy atom. The van der Waals surface area contributed by atoms with Crippen LogP contribution in [0.3, 0.4) is 0 Å². The van der Waals surface area contributed by atoms with Crippen LogP contribution in [0.2, 0.25) is 0 Å². The van der Waals surface area contributed by atoms with Crippen LogP contribution < -0.4 is 20.3 Å². The van der Waals surface area contributed by atoms with E-state index in [0.717, 1.165) is 62.9 Å². The zero-order valence-electron chi connectivity index (χ0n) is 26.5. The van der Waals surface area contributed by atoms with E-state index in [2.05, 4.69) is 24.7 Å². The highest BCUT2D eigenvalue weighted by atomic mass is 19.1. The molecule has 1 aromatic carbocycles. The Labute approximate surface area is 267 Å². The van der Waals surface area contributed by atoms with E-state index < -0.39 is 29.0 Å². The number of aromatic nitrogens is 3. The highest BCUT2D eigenvalue weighted by molar-refractivity contribution is 5.93. The summed E-state index contributed by atoms with van der Waals surface area (Å²) >= 11 is 0. The Morgan fingerprint density at radius 3 is 2.85 bits per heavy atom. The number of carboxylic acid groups (broad SMARTS) is 1. The average Bonchev–Trinajstić information content (AvgIpc) is 3.55. The Balaban J connectivity index is 1.30. The summed E-state index contributed by atoms with van der Waals surface area (Å²) in [5.41, 5.74) is 8.69. The predicted octanol–water partition coefficient (Wildman–Crippen LogP) is 4.72. The molecule has 10 nitrogen and oxygen atoms in total. The monoisotopic (exact) mass is 635 g/mol. The van der Waals surface area contributed by atoms with Gasteiger partial charge in [-0.3, -0.25) is 14.7 Å². The molecule has 3 N–H and O–H groups in total. The Kier molecular flexibility index (Phi) is 8.21. The number of nitrogens with two attached hydrogens (primary N) is 1. The SMILES string of the molecule is C[C@@]1(N)CCCN(c2nc(OC[C@@]34CCCN3C[C@H](F)C4)nc3c(F)c(-c4cccc5c4N(CCCC(=O)O)CCC5)ncc23)C1. The zero-order valence-corrected chi connectivity index (χ0v) is 26.5. The largest absolute Gasteiger partial charge is 0.481 e. The molecule has 0 bridgehead atoms. The van der Waals surface area contributed by atoms with Crippen molar-refractivity contribution in [3.05, 3.63) is 35.8 Å². The van der Waals surface area contributed by atoms with Crippen LogP contribution in [0.5, 0.6) is 6.01 Å². The lowest BCUT2D eigenvalue weighted by atomic mass is 9.92. The molecule has 0 saturated carbocycles. The van der Waals surface area contributed by atoms with Crippen molar-refractivity contribution < 1.29 is 23.4 Å². The topological polar surface area (TPSA) is 121 Å². The predicted molar refractivity (Wildman–Crippen MR) is 173 cm³/mol. The summed E-state index contributed by atoms with van der Waals surface area (Å²) in [6.45, 7) is 6.07. The van der Waals surface area contributed by atoms with Gasteiger partial charge in [-0.2, -0.15) is 9.97 Å². The van der Waals surface area contributed by atoms with Crippen LogP contribution in [-0.2, 0) is 11.2 Å². The summed E-state index contributed by atoms with van der Waals surface area (Å²) in [6, 6.07) is 5.90. The molecule has 246 valence electrons. The number of alkyl halides is 1. The summed E-state index contributed by atoms with van der Waals surface area (Å²) in [5.74, 6) is -0.855. The van der Waals surface area contributed by atoms with Crippen LogP contribution in [0.1, 0.15) is 63.9 Å². The first-order valence-electron chi connectivity index (χ1n) is 16.6. The number of para-hydroxylation sites is 1. The molecule has 0 amide bonds. The standard InChI is InChI=1S/C34H43F2N7O3/c1-33(37)11-5-15-42(20-33)31-25-18-38-28(24-9-2-7-22-8-3-13-41(30(22)24)14-4-10-26(44)45)27(36)29(25)39-32(40-31)46-21-34-12-6-16-43(34)19-23(35)17-34/h2,7,9,18,23H,3-6,8,10-17,19-21,37H2,1H3,(H,44,45)/t23-,33-,34+/m1/s1. The third kappa shape index (κ3) is 5.85. The Bertz CT molecular complexity index is 1640. The molecule has 0 radical (unpaired) electrons. The van der Waals surface area contributed by atoms with Gasteiger partial charge >= 0.3 is 12.0 Å². The number of hydrogen-bond donors (Lipinski definition) is 2.